The van der Waals surface area contributed by atoms with Gasteiger partial charge in [0.25, 0.3) is 5.91 Å². The van der Waals surface area contributed by atoms with E-state index in [9.17, 15) is 19.5 Å². The Morgan fingerprint density at radius 2 is 1.77 bits per heavy atom. The van der Waals surface area contributed by atoms with Gasteiger partial charge in [0.15, 0.2) is 13.9 Å². The number of anilines is 2. The van der Waals surface area contributed by atoms with Gasteiger partial charge >= 0.3 is 0 Å². The molecular formula is C36H40N6O5Si. The van der Waals surface area contributed by atoms with Gasteiger partial charge < -0.3 is 20.0 Å². The lowest BCUT2D eigenvalue weighted by molar-refractivity contribution is -0.143. The predicted molar refractivity (Wildman–Crippen MR) is 184 cm³/mol. The van der Waals surface area contributed by atoms with Crippen LogP contribution >= 0.6 is 0 Å². The van der Waals surface area contributed by atoms with Gasteiger partial charge in [-0.05, 0) is 48.8 Å². The second kappa shape index (κ2) is 12.5. The lowest BCUT2D eigenvalue weighted by Gasteiger charge is -2.32. The Morgan fingerprint density at radius 3 is 2.48 bits per heavy atom. The van der Waals surface area contributed by atoms with E-state index < -0.39 is 20.0 Å². The molecule has 0 aliphatic carbocycles. The van der Waals surface area contributed by atoms with E-state index in [0.717, 1.165) is 16.8 Å². The van der Waals surface area contributed by atoms with Crippen LogP contribution in [0, 0.1) is 5.92 Å². The van der Waals surface area contributed by atoms with Crippen molar-refractivity contribution in [1.29, 1.82) is 0 Å². The number of amides is 2. The summed E-state index contributed by atoms with van der Waals surface area (Å²) in [6, 6.07) is 24.9. The average molecular weight is 665 g/mol. The molecule has 3 aliphatic rings. The van der Waals surface area contributed by atoms with Crippen molar-refractivity contribution in [3.8, 4) is 0 Å². The van der Waals surface area contributed by atoms with E-state index in [1.54, 1.807) is 16.8 Å². The number of hydrogen-bond acceptors (Lipinski definition) is 8. The summed E-state index contributed by atoms with van der Waals surface area (Å²) < 4.78 is 8.58. The molecule has 4 aromatic rings. The number of aliphatic hydroxyl groups is 1. The van der Waals surface area contributed by atoms with Crippen LogP contribution in [0.25, 0.3) is 0 Å². The summed E-state index contributed by atoms with van der Waals surface area (Å²) in [5.74, 6) is -1.04. The molecule has 48 heavy (non-hydrogen) atoms. The molecule has 11 nitrogen and oxygen atoms in total. The Morgan fingerprint density at radius 1 is 1.04 bits per heavy atom. The van der Waals surface area contributed by atoms with Crippen LogP contribution in [0.2, 0.25) is 18.6 Å². The predicted octanol–water partition coefficient (Wildman–Crippen LogP) is 4.77. The van der Waals surface area contributed by atoms with Gasteiger partial charge in [-0.25, -0.2) is 5.01 Å². The van der Waals surface area contributed by atoms with E-state index in [4.69, 9.17) is 9.84 Å². The zero-order valence-corrected chi connectivity index (χ0v) is 28.3. The monoisotopic (exact) mass is 664 g/mol. The number of aliphatic hydroxyl groups excluding tert-OH is 1. The summed E-state index contributed by atoms with van der Waals surface area (Å²) >= 11 is 0. The number of rotatable bonds is 9. The largest absolute Gasteiger partial charge is 0.432 e. The number of hydrogen-bond donors (Lipinski definition) is 3. The van der Waals surface area contributed by atoms with Gasteiger partial charge in [0.05, 0.1) is 35.7 Å². The van der Waals surface area contributed by atoms with Crippen LogP contribution in [0.5, 0.6) is 0 Å². The lowest BCUT2D eigenvalue weighted by atomic mass is 9.82. The van der Waals surface area contributed by atoms with Gasteiger partial charge in [-0.3, -0.25) is 14.3 Å². The summed E-state index contributed by atoms with van der Waals surface area (Å²) in [5, 5.41) is 28.0. The zero-order valence-electron chi connectivity index (χ0n) is 27.3. The van der Waals surface area contributed by atoms with Gasteiger partial charge in [0, 0.05) is 48.3 Å². The highest BCUT2D eigenvalue weighted by Crippen LogP contribution is 2.58. The van der Waals surface area contributed by atoms with Crippen molar-refractivity contribution in [2.45, 2.75) is 69.0 Å². The van der Waals surface area contributed by atoms with Crippen LogP contribution in [0.3, 0.4) is 0 Å². The van der Waals surface area contributed by atoms with Crippen LogP contribution in [-0.2, 0) is 26.5 Å². The van der Waals surface area contributed by atoms with Gasteiger partial charge in [0.2, 0.25) is 5.91 Å². The number of ether oxygens (including phenoxy) is 1. The summed E-state index contributed by atoms with van der Waals surface area (Å²) in [4.78, 5) is 38.7. The maximum absolute atomic E-state index is 13.9. The molecule has 1 spiro atoms. The SMILES string of the molecule is C[C@H]1[C@H]([Si](C)(C)O)[C@@H](CCn2cc(C(CO)c3ccccc3)nn2)O[C@]12C(=O)Nc1ccc(N3N=C(c4ccccc4)CCC3=O)cc12. The van der Waals surface area contributed by atoms with E-state index in [-0.39, 0.29) is 35.8 Å². The van der Waals surface area contributed by atoms with Crippen molar-refractivity contribution < 1.29 is 24.2 Å². The Labute approximate surface area is 280 Å². The Bertz CT molecular complexity index is 1860. The number of nitrogens with one attached hydrogen (secondary N) is 1. The molecule has 1 unspecified atom stereocenters. The van der Waals surface area contributed by atoms with Crippen molar-refractivity contribution in [1.82, 2.24) is 15.0 Å². The maximum atomic E-state index is 13.9. The summed E-state index contributed by atoms with van der Waals surface area (Å²) in [7, 11) is -2.87. The molecular weight excluding hydrogens is 625 g/mol. The first-order chi connectivity index (χ1) is 23.1. The molecule has 4 heterocycles. The molecule has 2 amide bonds. The van der Waals surface area contributed by atoms with E-state index in [2.05, 4.69) is 15.6 Å². The minimum atomic E-state index is -2.87. The third kappa shape index (κ3) is 5.58. The fourth-order valence-electron chi connectivity index (χ4n) is 7.78. The van der Waals surface area contributed by atoms with E-state index >= 15 is 0 Å². The molecule has 3 aromatic carbocycles. The Hall–Kier alpha value is -4.49. The minimum Gasteiger partial charge on any atom is -0.432 e. The molecule has 3 N–H and O–H groups in total. The first kappa shape index (κ1) is 32.1. The van der Waals surface area contributed by atoms with Crippen molar-refractivity contribution in [3.05, 3.63) is 107 Å². The van der Waals surface area contributed by atoms with Crippen molar-refractivity contribution >= 4 is 37.2 Å². The van der Waals surface area contributed by atoms with Crippen LogP contribution in [0.4, 0.5) is 11.4 Å². The fourth-order valence-corrected chi connectivity index (χ4v) is 10.4. The number of fused-ring (bicyclic) bond motifs is 2. The molecule has 248 valence electrons. The first-order valence-electron chi connectivity index (χ1n) is 16.5. The van der Waals surface area contributed by atoms with Crippen LogP contribution < -0.4 is 10.3 Å². The molecule has 1 saturated heterocycles. The second-order valence-corrected chi connectivity index (χ2v) is 17.5. The Kier molecular flexibility index (Phi) is 8.36. The number of carbonyl (C=O) groups excluding carboxylic acids is 2. The summed E-state index contributed by atoms with van der Waals surface area (Å²) in [5.41, 5.74) is 3.62. The van der Waals surface area contributed by atoms with Crippen molar-refractivity contribution in [3.63, 3.8) is 0 Å². The normalized spacial score (nSPS) is 24.5. The number of aryl methyl sites for hydroxylation is 1. The maximum Gasteiger partial charge on any atom is 0.261 e. The lowest BCUT2D eigenvalue weighted by Crippen LogP contribution is -2.43. The van der Waals surface area contributed by atoms with E-state index in [1.807, 2.05) is 92.9 Å². The van der Waals surface area contributed by atoms with E-state index in [0.29, 0.717) is 48.4 Å². The number of carbonyl (C=O) groups is 2. The third-order valence-electron chi connectivity index (χ3n) is 10.0. The summed E-state index contributed by atoms with van der Waals surface area (Å²) in [6.45, 7) is 6.11. The smallest absolute Gasteiger partial charge is 0.261 e. The van der Waals surface area contributed by atoms with Crippen LogP contribution in [-0.4, -0.2) is 63.5 Å². The van der Waals surface area contributed by atoms with Crippen LogP contribution in [0.15, 0.2) is 90.2 Å². The highest BCUT2D eigenvalue weighted by atomic mass is 28.4. The Balaban J connectivity index is 1.18. The molecule has 3 aliphatic heterocycles. The molecule has 1 fully saturated rings. The second-order valence-electron chi connectivity index (χ2n) is 13.5. The van der Waals surface area contributed by atoms with Crippen molar-refractivity contribution in [2.75, 3.05) is 16.9 Å². The molecule has 0 radical (unpaired) electrons. The number of hydrazone groups is 1. The zero-order chi connectivity index (χ0) is 33.6. The standard InChI is InChI=1S/C36H40N6O5Si/c1-23-34(48(2,3)46)32(18-19-41-21-31(38-40-41)27(22-43)24-10-6-4-7-11-24)47-36(23)28-20-26(14-15-30(28)37-35(36)45)42-33(44)17-16-29(39-42)25-12-8-5-9-13-25/h4-15,20-21,23,27,32,34,43,46H,16-19,22H2,1-3H3,(H,37,45)/t23-,27?,32+,34-,36+/m0/s1. The van der Waals surface area contributed by atoms with E-state index in [1.165, 1.54) is 5.01 Å². The molecule has 1 aromatic heterocycles. The highest BCUT2D eigenvalue weighted by Gasteiger charge is 2.64. The number of aromatic nitrogens is 3. The number of benzene rings is 3. The van der Waals surface area contributed by atoms with Gasteiger partial charge in [-0.15, -0.1) is 5.10 Å². The molecule has 12 heteroatoms. The number of nitrogens with zero attached hydrogens (tertiary/aromatic N) is 5. The average Bonchev–Trinajstić information content (AvgIpc) is 3.75. The van der Waals surface area contributed by atoms with Gasteiger partial charge in [-0.1, -0.05) is 72.8 Å². The van der Waals surface area contributed by atoms with Crippen LogP contribution in [0.1, 0.15) is 54.5 Å². The first-order valence-corrected chi connectivity index (χ1v) is 19.5. The molecule has 7 rings (SSSR count). The summed E-state index contributed by atoms with van der Waals surface area (Å²) in [6.07, 6.45) is 2.75. The van der Waals surface area contributed by atoms with Gasteiger partial charge in [0.1, 0.15) is 0 Å². The minimum absolute atomic E-state index is 0.0979. The third-order valence-corrected chi connectivity index (χ3v) is 12.6. The highest BCUT2D eigenvalue weighted by molar-refractivity contribution is 6.71. The fraction of sp³-hybridized carbons (Fsp3) is 0.361. The molecule has 0 bridgehead atoms. The quantitative estimate of drug-likeness (QED) is 0.219. The topological polar surface area (TPSA) is 142 Å². The molecule has 0 saturated carbocycles. The van der Waals surface area contributed by atoms with Crippen molar-refractivity contribution in [2.24, 2.45) is 11.0 Å². The molecule has 5 atom stereocenters. The van der Waals surface area contributed by atoms with Gasteiger partial charge in [-0.2, -0.15) is 5.10 Å².